The molecule has 0 saturated carbocycles. The van der Waals surface area contributed by atoms with Gasteiger partial charge in [0.05, 0.1) is 10.2 Å². The van der Waals surface area contributed by atoms with Crippen molar-refractivity contribution in [2.75, 3.05) is 11.1 Å². The Hall–Kier alpha value is -2.06. The van der Waals surface area contributed by atoms with Crippen LogP contribution in [0.2, 0.25) is 0 Å². The molecule has 6 nitrogen and oxygen atoms in total. The lowest BCUT2D eigenvalue weighted by molar-refractivity contribution is 0.102. The van der Waals surface area contributed by atoms with E-state index in [1.165, 1.54) is 11.3 Å². The Labute approximate surface area is 116 Å². The van der Waals surface area contributed by atoms with Crippen molar-refractivity contribution in [2.45, 2.75) is 6.92 Å². The fourth-order valence-electron chi connectivity index (χ4n) is 1.60. The fourth-order valence-corrected chi connectivity index (χ4v) is 2.94. The Balaban J connectivity index is 1.88. The third kappa shape index (κ3) is 2.40. The first-order valence-electron chi connectivity index (χ1n) is 5.39. The molecule has 3 rings (SSSR count). The summed E-state index contributed by atoms with van der Waals surface area (Å²) in [6.45, 7) is 1.78. The number of rotatable bonds is 2. The topological polar surface area (TPSA) is 93.8 Å². The summed E-state index contributed by atoms with van der Waals surface area (Å²) >= 11 is 2.51. The average molecular weight is 291 g/mol. The molecular formula is C11H9N5OS2. The molecular weight excluding hydrogens is 282 g/mol. The lowest BCUT2D eigenvalue weighted by Crippen LogP contribution is -2.11. The van der Waals surface area contributed by atoms with Gasteiger partial charge in [-0.15, -0.1) is 0 Å². The van der Waals surface area contributed by atoms with Gasteiger partial charge in [0.25, 0.3) is 5.91 Å². The monoisotopic (exact) mass is 291 g/mol. The van der Waals surface area contributed by atoms with E-state index in [1.54, 1.807) is 25.1 Å². The summed E-state index contributed by atoms with van der Waals surface area (Å²) in [7, 11) is 0. The maximum atomic E-state index is 12.1. The molecule has 0 fully saturated rings. The Morgan fingerprint density at radius 3 is 2.95 bits per heavy atom. The second-order valence-electron chi connectivity index (χ2n) is 3.84. The molecule has 3 aromatic rings. The minimum atomic E-state index is -0.218. The van der Waals surface area contributed by atoms with Crippen molar-refractivity contribution in [3.8, 4) is 0 Å². The maximum Gasteiger partial charge on any atom is 0.257 e. The van der Waals surface area contributed by atoms with E-state index in [0.29, 0.717) is 21.7 Å². The van der Waals surface area contributed by atoms with Crippen LogP contribution in [0.5, 0.6) is 0 Å². The fraction of sp³-hybridized carbons (Fsp3) is 0.0909. The van der Waals surface area contributed by atoms with Gasteiger partial charge in [-0.2, -0.15) is 4.37 Å². The standard InChI is InChI=1S/C11H9N5OS2/c1-5-13-11(19-16-5)15-9(17)6-2-3-7-8(4-6)18-10(12)14-7/h2-4H,1H3,(H2,12,14)(H,13,15,16,17). The number of nitrogens with two attached hydrogens (primary N) is 1. The van der Waals surface area contributed by atoms with Crippen LogP contribution in [0.1, 0.15) is 16.2 Å². The number of thiazole rings is 1. The molecule has 8 heteroatoms. The number of carbonyl (C=O) groups excluding carboxylic acids is 1. The number of aromatic nitrogens is 3. The number of hydrogen-bond acceptors (Lipinski definition) is 7. The summed E-state index contributed by atoms with van der Waals surface area (Å²) in [5.41, 5.74) is 6.98. The van der Waals surface area contributed by atoms with Crippen LogP contribution < -0.4 is 11.1 Å². The Morgan fingerprint density at radius 1 is 1.37 bits per heavy atom. The molecule has 0 bridgehead atoms. The van der Waals surface area contributed by atoms with E-state index in [4.69, 9.17) is 5.73 Å². The number of hydrogen-bond donors (Lipinski definition) is 2. The van der Waals surface area contributed by atoms with Crippen molar-refractivity contribution in [3.05, 3.63) is 29.6 Å². The molecule has 0 aliphatic rings. The predicted molar refractivity (Wildman–Crippen MR) is 76.6 cm³/mol. The zero-order chi connectivity index (χ0) is 13.4. The average Bonchev–Trinajstić information content (AvgIpc) is 2.93. The van der Waals surface area contributed by atoms with Crippen molar-refractivity contribution in [3.63, 3.8) is 0 Å². The molecule has 0 aliphatic heterocycles. The van der Waals surface area contributed by atoms with Gasteiger partial charge in [-0.25, -0.2) is 9.97 Å². The molecule has 0 radical (unpaired) electrons. The third-order valence-corrected chi connectivity index (χ3v) is 3.98. The van der Waals surface area contributed by atoms with Gasteiger partial charge in [0.15, 0.2) is 5.13 Å². The predicted octanol–water partition coefficient (Wildman–Crippen LogP) is 2.29. The van der Waals surface area contributed by atoms with Gasteiger partial charge in [0, 0.05) is 17.1 Å². The molecule has 0 aliphatic carbocycles. The van der Waals surface area contributed by atoms with E-state index in [1.807, 2.05) is 0 Å². The number of anilines is 2. The zero-order valence-corrected chi connectivity index (χ0v) is 11.5. The first kappa shape index (κ1) is 12.0. The van der Waals surface area contributed by atoms with Gasteiger partial charge in [-0.1, -0.05) is 11.3 Å². The van der Waals surface area contributed by atoms with Gasteiger partial charge in [-0.05, 0) is 25.1 Å². The van der Waals surface area contributed by atoms with Crippen LogP contribution in [-0.2, 0) is 0 Å². The van der Waals surface area contributed by atoms with E-state index in [0.717, 1.165) is 21.7 Å². The van der Waals surface area contributed by atoms with Crippen molar-refractivity contribution < 1.29 is 4.79 Å². The van der Waals surface area contributed by atoms with Gasteiger partial charge in [0.1, 0.15) is 5.82 Å². The number of nitrogens with one attached hydrogen (secondary N) is 1. The number of nitrogen functional groups attached to an aromatic ring is 1. The molecule has 2 heterocycles. The molecule has 2 aromatic heterocycles. The van der Waals surface area contributed by atoms with E-state index >= 15 is 0 Å². The number of nitrogens with zero attached hydrogens (tertiary/aromatic N) is 3. The summed E-state index contributed by atoms with van der Waals surface area (Å²) in [6, 6.07) is 5.26. The molecule has 0 saturated heterocycles. The number of aryl methyl sites for hydroxylation is 1. The molecule has 0 unspecified atom stereocenters. The summed E-state index contributed by atoms with van der Waals surface area (Å²) in [6.07, 6.45) is 0. The highest BCUT2D eigenvalue weighted by atomic mass is 32.1. The molecule has 1 amide bonds. The van der Waals surface area contributed by atoms with E-state index in [-0.39, 0.29) is 5.91 Å². The van der Waals surface area contributed by atoms with Gasteiger partial charge in [-0.3, -0.25) is 10.1 Å². The van der Waals surface area contributed by atoms with E-state index < -0.39 is 0 Å². The minimum absolute atomic E-state index is 0.218. The van der Waals surface area contributed by atoms with Crippen LogP contribution in [0.3, 0.4) is 0 Å². The lowest BCUT2D eigenvalue weighted by atomic mass is 10.2. The Kier molecular flexibility index (Phi) is 2.88. The third-order valence-electron chi connectivity index (χ3n) is 2.42. The van der Waals surface area contributed by atoms with Crippen molar-refractivity contribution in [2.24, 2.45) is 0 Å². The number of benzene rings is 1. The first-order valence-corrected chi connectivity index (χ1v) is 6.98. The minimum Gasteiger partial charge on any atom is -0.375 e. The lowest BCUT2D eigenvalue weighted by Gasteiger charge is -2.00. The normalized spacial score (nSPS) is 10.8. The largest absolute Gasteiger partial charge is 0.375 e. The highest BCUT2D eigenvalue weighted by molar-refractivity contribution is 7.22. The SMILES string of the molecule is Cc1nsc(NC(=O)c2ccc3nc(N)sc3c2)n1. The van der Waals surface area contributed by atoms with E-state index in [2.05, 4.69) is 19.7 Å². The number of fused-ring (bicyclic) bond motifs is 1. The van der Waals surface area contributed by atoms with Crippen LogP contribution in [0.25, 0.3) is 10.2 Å². The molecule has 0 atom stereocenters. The van der Waals surface area contributed by atoms with Crippen molar-refractivity contribution in [1.29, 1.82) is 0 Å². The second-order valence-corrected chi connectivity index (χ2v) is 5.65. The highest BCUT2D eigenvalue weighted by Crippen LogP contribution is 2.25. The van der Waals surface area contributed by atoms with Crippen LogP contribution in [0.4, 0.5) is 10.3 Å². The second kappa shape index (κ2) is 4.56. The molecule has 0 spiro atoms. The van der Waals surface area contributed by atoms with Crippen LogP contribution in [0, 0.1) is 6.92 Å². The summed E-state index contributed by atoms with van der Waals surface area (Å²) in [4.78, 5) is 20.3. The van der Waals surface area contributed by atoms with Crippen molar-refractivity contribution >= 4 is 49.3 Å². The van der Waals surface area contributed by atoms with Crippen LogP contribution in [0.15, 0.2) is 18.2 Å². The van der Waals surface area contributed by atoms with Gasteiger partial charge in [0.2, 0.25) is 5.13 Å². The van der Waals surface area contributed by atoms with Crippen molar-refractivity contribution in [1.82, 2.24) is 14.3 Å². The van der Waals surface area contributed by atoms with Crippen LogP contribution in [-0.4, -0.2) is 20.2 Å². The zero-order valence-electron chi connectivity index (χ0n) is 9.88. The number of carbonyl (C=O) groups is 1. The molecule has 1 aromatic carbocycles. The molecule has 19 heavy (non-hydrogen) atoms. The Bertz CT molecular complexity index is 763. The van der Waals surface area contributed by atoms with Gasteiger partial charge >= 0.3 is 0 Å². The highest BCUT2D eigenvalue weighted by Gasteiger charge is 2.11. The Morgan fingerprint density at radius 2 is 2.21 bits per heavy atom. The number of amides is 1. The van der Waals surface area contributed by atoms with Gasteiger partial charge < -0.3 is 5.73 Å². The van der Waals surface area contributed by atoms with E-state index in [9.17, 15) is 4.79 Å². The molecule has 96 valence electrons. The first-order chi connectivity index (χ1) is 9.11. The quantitative estimate of drug-likeness (QED) is 0.755. The van der Waals surface area contributed by atoms with Crippen LogP contribution >= 0.6 is 22.9 Å². The smallest absolute Gasteiger partial charge is 0.257 e. The summed E-state index contributed by atoms with van der Waals surface area (Å²) in [5, 5.41) is 3.69. The summed E-state index contributed by atoms with van der Waals surface area (Å²) < 4.78 is 4.90. The molecule has 3 N–H and O–H groups in total. The maximum absolute atomic E-state index is 12.1. The summed E-state index contributed by atoms with van der Waals surface area (Å²) in [5.74, 6) is 0.427.